The topological polar surface area (TPSA) is 71.3 Å². The maximum atomic E-state index is 11.6. The fourth-order valence-electron chi connectivity index (χ4n) is 1.19. The van der Waals surface area contributed by atoms with E-state index in [4.69, 9.17) is 5.11 Å². The number of aromatic nitrogens is 1. The van der Waals surface area contributed by atoms with Gasteiger partial charge in [-0.1, -0.05) is 25.2 Å². The number of carbonyl (C=O) groups is 1. The molecule has 0 spiro atoms. The van der Waals surface area contributed by atoms with Gasteiger partial charge < -0.3 is 10.4 Å². The Bertz CT molecular complexity index is 448. The first-order chi connectivity index (χ1) is 7.85. The highest BCUT2D eigenvalue weighted by molar-refractivity contribution is 7.07. The van der Waals surface area contributed by atoms with Crippen molar-refractivity contribution in [2.24, 2.45) is 5.41 Å². The molecular weight excluding hydrogens is 240 g/mol. The van der Waals surface area contributed by atoms with Gasteiger partial charge >= 0.3 is 4.87 Å². The highest BCUT2D eigenvalue weighted by Gasteiger charge is 2.17. The molecular formula is C11H18N2O3S. The Morgan fingerprint density at radius 1 is 1.59 bits per heavy atom. The van der Waals surface area contributed by atoms with Gasteiger partial charge in [-0.3, -0.25) is 14.2 Å². The molecule has 0 unspecified atom stereocenters. The van der Waals surface area contributed by atoms with E-state index in [1.807, 2.05) is 13.8 Å². The number of aliphatic hydroxyl groups is 1. The van der Waals surface area contributed by atoms with Gasteiger partial charge in [-0.05, 0) is 6.92 Å². The van der Waals surface area contributed by atoms with Crippen molar-refractivity contribution in [3.8, 4) is 0 Å². The monoisotopic (exact) mass is 258 g/mol. The SMILES string of the molecule is Cc1csc(=O)n1CC(=O)NCC(C)(C)CO. The summed E-state index contributed by atoms with van der Waals surface area (Å²) in [7, 11) is 0. The number of nitrogens with zero attached hydrogens (tertiary/aromatic N) is 1. The van der Waals surface area contributed by atoms with Crippen molar-refractivity contribution >= 4 is 17.2 Å². The lowest BCUT2D eigenvalue weighted by Crippen LogP contribution is -2.38. The average Bonchev–Trinajstić information content (AvgIpc) is 2.58. The van der Waals surface area contributed by atoms with Crippen molar-refractivity contribution in [2.45, 2.75) is 27.3 Å². The molecule has 0 bridgehead atoms. The van der Waals surface area contributed by atoms with E-state index < -0.39 is 0 Å². The lowest BCUT2D eigenvalue weighted by atomic mass is 9.95. The molecule has 2 N–H and O–H groups in total. The molecule has 6 heteroatoms. The summed E-state index contributed by atoms with van der Waals surface area (Å²) in [6, 6.07) is 0. The van der Waals surface area contributed by atoms with Crippen LogP contribution in [0.1, 0.15) is 19.5 Å². The molecule has 96 valence electrons. The van der Waals surface area contributed by atoms with E-state index in [2.05, 4.69) is 5.32 Å². The minimum Gasteiger partial charge on any atom is -0.396 e. The molecule has 0 aliphatic heterocycles. The highest BCUT2D eigenvalue weighted by atomic mass is 32.1. The summed E-state index contributed by atoms with van der Waals surface area (Å²) in [5, 5.41) is 13.5. The van der Waals surface area contributed by atoms with Crippen molar-refractivity contribution < 1.29 is 9.90 Å². The summed E-state index contributed by atoms with van der Waals surface area (Å²) >= 11 is 1.09. The second-order valence-electron chi connectivity index (χ2n) is 4.83. The van der Waals surface area contributed by atoms with Gasteiger partial charge in [-0.25, -0.2) is 0 Å². The lowest BCUT2D eigenvalue weighted by Gasteiger charge is -2.21. The van der Waals surface area contributed by atoms with Crippen LogP contribution in [-0.2, 0) is 11.3 Å². The number of carbonyl (C=O) groups excluding carboxylic acids is 1. The first kappa shape index (κ1) is 13.9. The van der Waals surface area contributed by atoms with Gasteiger partial charge in [-0.15, -0.1) is 0 Å². The number of aliphatic hydroxyl groups excluding tert-OH is 1. The maximum absolute atomic E-state index is 11.6. The smallest absolute Gasteiger partial charge is 0.307 e. The van der Waals surface area contributed by atoms with Gasteiger partial charge in [0, 0.05) is 29.6 Å². The Balaban J connectivity index is 2.54. The number of hydrogen-bond acceptors (Lipinski definition) is 4. The third-order valence-corrected chi connectivity index (χ3v) is 3.35. The molecule has 1 aromatic heterocycles. The molecule has 1 heterocycles. The number of amides is 1. The van der Waals surface area contributed by atoms with Crippen molar-refractivity contribution in [1.29, 1.82) is 0 Å². The molecule has 0 aromatic carbocycles. The molecule has 0 saturated carbocycles. The van der Waals surface area contributed by atoms with Gasteiger partial charge in [0.05, 0.1) is 0 Å². The number of thiazole rings is 1. The van der Waals surface area contributed by atoms with Gasteiger partial charge in [0.1, 0.15) is 6.54 Å². The summed E-state index contributed by atoms with van der Waals surface area (Å²) in [5.41, 5.74) is 0.446. The van der Waals surface area contributed by atoms with Crippen molar-refractivity contribution in [1.82, 2.24) is 9.88 Å². The van der Waals surface area contributed by atoms with Crippen LogP contribution in [0.2, 0.25) is 0 Å². The van der Waals surface area contributed by atoms with E-state index >= 15 is 0 Å². The van der Waals surface area contributed by atoms with Crippen LogP contribution in [0.15, 0.2) is 10.2 Å². The molecule has 1 aromatic rings. The van der Waals surface area contributed by atoms with Gasteiger partial charge in [0.2, 0.25) is 5.91 Å². The lowest BCUT2D eigenvalue weighted by molar-refractivity contribution is -0.122. The van der Waals surface area contributed by atoms with Crippen LogP contribution >= 0.6 is 11.3 Å². The maximum Gasteiger partial charge on any atom is 0.307 e. The van der Waals surface area contributed by atoms with Crippen molar-refractivity contribution in [3.63, 3.8) is 0 Å². The second kappa shape index (κ2) is 5.46. The standard InChI is InChI=1S/C11H18N2O3S/c1-8-5-17-10(16)13(8)4-9(15)12-6-11(2,3)7-14/h5,14H,4,6-7H2,1-3H3,(H,12,15). The van der Waals surface area contributed by atoms with E-state index in [1.165, 1.54) is 4.57 Å². The zero-order valence-corrected chi connectivity index (χ0v) is 11.1. The third kappa shape index (κ3) is 3.98. The first-order valence-corrected chi connectivity index (χ1v) is 6.26. The predicted molar refractivity (Wildman–Crippen MR) is 67.2 cm³/mol. The molecule has 1 rings (SSSR count). The van der Waals surface area contributed by atoms with Crippen LogP contribution < -0.4 is 10.2 Å². The Morgan fingerprint density at radius 3 is 2.71 bits per heavy atom. The van der Waals surface area contributed by atoms with Crippen LogP contribution in [0.5, 0.6) is 0 Å². The first-order valence-electron chi connectivity index (χ1n) is 5.38. The van der Waals surface area contributed by atoms with E-state index in [1.54, 1.807) is 12.3 Å². The number of hydrogen-bond donors (Lipinski definition) is 2. The number of aryl methyl sites for hydroxylation is 1. The van der Waals surface area contributed by atoms with E-state index in [-0.39, 0.29) is 29.3 Å². The van der Waals surface area contributed by atoms with Crippen LogP contribution in [0.25, 0.3) is 0 Å². The van der Waals surface area contributed by atoms with E-state index in [0.29, 0.717) is 6.54 Å². The molecule has 5 nitrogen and oxygen atoms in total. The van der Waals surface area contributed by atoms with Crippen LogP contribution in [-0.4, -0.2) is 28.7 Å². The number of rotatable bonds is 5. The fraction of sp³-hybridized carbons (Fsp3) is 0.636. The van der Waals surface area contributed by atoms with Gasteiger partial charge in [-0.2, -0.15) is 0 Å². The Labute approximate surface area is 104 Å². The Kier molecular flexibility index (Phi) is 4.47. The summed E-state index contributed by atoms with van der Waals surface area (Å²) < 4.78 is 1.44. The second-order valence-corrected chi connectivity index (χ2v) is 5.65. The fourth-order valence-corrected chi connectivity index (χ4v) is 1.92. The van der Waals surface area contributed by atoms with E-state index in [0.717, 1.165) is 17.0 Å². The molecule has 0 aliphatic carbocycles. The Hall–Kier alpha value is -1.14. The minimum atomic E-state index is -0.343. The quantitative estimate of drug-likeness (QED) is 0.800. The molecule has 0 radical (unpaired) electrons. The largest absolute Gasteiger partial charge is 0.396 e. The zero-order chi connectivity index (χ0) is 13.1. The Morgan fingerprint density at radius 2 is 2.24 bits per heavy atom. The highest BCUT2D eigenvalue weighted by Crippen LogP contribution is 2.11. The van der Waals surface area contributed by atoms with Crippen molar-refractivity contribution in [3.05, 3.63) is 20.7 Å². The average molecular weight is 258 g/mol. The third-order valence-electron chi connectivity index (χ3n) is 2.47. The molecule has 0 saturated heterocycles. The van der Waals surface area contributed by atoms with Crippen LogP contribution in [0.3, 0.4) is 0 Å². The summed E-state index contributed by atoms with van der Waals surface area (Å²) in [6.45, 7) is 5.94. The molecule has 0 atom stereocenters. The van der Waals surface area contributed by atoms with E-state index in [9.17, 15) is 9.59 Å². The molecule has 0 aliphatic rings. The van der Waals surface area contributed by atoms with Crippen LogP contribution in [0.4, 0.5) is 0 Å². The zero-order valence-electron chi connectivity index (χ0n) is 10.3. The predicted octanol–water partition coefficient (Wildman–Crippen LogP) is 0.353. The van der Waals surface area contributed by atoms with Gasteiger partial charge in [0.25, 0.3) is 0 Å². The van der Waals surface area contributed by atoms with Gasteiger partial charge in [0.15, 0.2) is 0 Å². The normalized spacial score (nSPS) is 11.5. The van der Waals surface area contributed by atoms with Crippen molar-refractivity contribution in [2.75, 3.05) is 13.2 Å². The molecule has 1 amide bonds. The summed E-state index contributed by atoms with van der Waals surface area (Å²) in [4.78, 5) is 22.9. The summed E-state index contributed by atoms with van der Waals surface area (Å²) in [6.07, 6.45) is 0. The number of nitrogens with one attached hydrogen (secondary N) is 1. The summed E-state index contributed by atoms with van der Waals surface area (Å²) in [5.74, 6) is -0.213. The molecule has 17 heavy (non-hydrogen) atoms. The van der Waals surface area contributed by atoms with Crippen LogP contribution in [0, 0.1) is 12.3 Å². The minimum absolute atomic E-state index is 0.00467. The molecule has 0 fully saturated rings.